The molecule has 224 valence electrons. The van der Waals surface area contributed by atoms with Crippen LogP contribution in [0.3, 0.4) is 0 Å². The predicted molar refractivity (Wildman–Crippen MR) is 198 cm³/mol. The second-order valence-electron chi connectivity index (χ2n) is 12.0. The van der Waals surface area contributed by atoms with Crippen LogP contribution in [0.15, 0.2) is 176 Å². The molecule has 0 spiro atoms. The summed E-state index contributed by atoms with van der Waals surface area (Å²) in [5, 5.41) is 0. The van der Waals surface area contributed by atoms with E-state index < -0.39 is 0 Å². The van der Waals surface area contributed by atoms with Crippen molar-refractivity contribution in [2.24, 2.45) is 0 Å². The minimum Gasteiger partial charge on any atom is -0.382 e. The third-order valence-corrected chi connectivity index (χ3v) is 9.17. The molecule has 48 heavy (non-hydrogen) atoms. The molecule has 4 nitrogen and oxygen atoms in total. The first-order valence-electron chi connectivity index (χ1n) is 16.2. The maximum absolute atomic E-state index is 5.12. The van der Waals surface area contributed by atoms with E-state index >= 15 is 0 Å². The van der Waals surface area contributed by atoms with Crippen molar-refractivity contribution in [3.8, 4) is 56.4 Å². The van der Waals surface area contributed by atoms with Gasteiger partial charge in [0.1, 0.15) is 0 Å². The minimum atomic E-state index is 0.0121. The van der Waals surface area contributed by atoms with Gasteiger partial charge < -0.3 is 4.81 Å². The summed E-state index contributed by atoms with van der Waals surface area (Å²) < 4.78 is 0. The lowest BCUT2D eigenvalue weighted by Crippen LogP contribution is -2.51. The van der Waals surface area contributed by atoms with Crippen molar-refractivity contribution in [3.63, 3.8) is 0 Å². The molecule has 0 bridgehead atoms. The lowest BCUT2D eigenvalue weighted by atomic mass is 9.43. The van der Waals surface area contributed by atoms with Gasteiger partial charge in [-0.2, -0.15) is 0 Å². The fourth-order valence-corrected chi connectivity index (χ4v) is 6.98. The molecular weight excluding hydrogens is 583 g/mol. The lowest BCUT2D eigenvalue weighted by Gasteiger charge is -2.40. The zero-order valence-electron chi connectivity index (χ0n) is 26.1. The molecule has 0 unspecified atom stereocenters. The topological polar surface area (TPSA) is 41.9 Å². The number of hydrogen-bond acceptors (Lipinski definition) is 4. The highest BCUT2D eigenvalue weighted by Gasteiger charge is 2.39. The summed E-state index contributed by atoms with van der Waals surface area (Å²) in [5.41, 5.74) is 12.4. The zero-order chi connectivity index (χ0) is 31.9. The number of allylic oxidation sites excluding steroid dienone is 2. The van der Waals surface area contributed by atoms with Crippen LogP contribution >= 0.6 is 0 Å². The van der Waals surface area contributed by atoms with Crippen molar-refractivity contribution in [3.05, 3.63) is 182 Å². The van der Waals surface area contributed by atoms with E-state index in [1.165, 1.54) is 27.6 Å². The van der Waals surface area contributed by atoms with Gasteiger partial charge >= 0.3 is 6.85 Å². The maximum Gasteiger partial charge on any atom is 0.328 e. The Labute approximate surface area is 280 Å². The van der Waals surface area contributed by atoms with Crippen LogP contribution in [0.5, 0.6) is 0 Å². The Balaban J connectivity index is 1.31. The molecule has 1 aromatic heterocycles. The van der Waals surface area contributed by atoms with Crippen LogP contribution in [-0.2, 0) is 0 Å². The van der Waals surface area contributed by atoms with Gasteiger partial charge in [0.15, 0.2) is 17.5 Å². The Kier molecular flexibility index (Phi) is 6.87. The van der Waals surface area contributed by atoms with Crippen LogP contribution in [-0.4, -0.2) is 21.8 Å². The molecule has 3 heterocycles. The van der Waals surface area contributed by atoms with Crippen molar-refractivity contribution in [1.29, 1.82) is 0 Å². The molecule has 9 rings (SSSR count). The molecule has 0 saturated heterocycles. The van der Waals surface area contributed by atoms with Gasteiger partial charge in [0.2, 0.25) is 0 Å². The zero-order valence-corrected chi connectivity index (χ0v) is 26.1. The van der Waals surface area contributed by atoms with E-state index in [1.807, 2.05) is 60.7 Å². The van der Waals surface area contributed by atoms with Gasteiger partial charge in [0.05, 0.1) is 0 Å². The summed E-state index contributed by atoms with van der Waals surface area (Å²) >= 11 is 0. The number of fused-ring (bicyclic) bond motifs is 6. The molecule has 0 fully saturated rings. The second kappa shape index (κ2) is 11.8. The van der Waals surface area contributed by atoms with Crippen molar-refractivity contribution in [2.75, 3.05) is 4.81 Å². The third-order valence-electron chi connectivity index (χ3n) is 9.17. The van der Waals surface area contributed by atoms with Gasteiger partial charge in [0.25, 0.3) is 0 Å². The molecule has 0 aliphatic carbocycles. The number of nitrogens with zero attached hydrogens (tertiary/aromatic N) is 4. The average Bonchev–Trinajstić information content (AvgIpc) is 3.18. The molecule has 7 aromatic rings. The van der Waals surface area contributed by atoms with Crippen LogP contribution in [0.25, 0.3) is 61.9 Å². The number of aromatic nitrogens is 3. The number of benzene rings is 6. The quantitative estimate of drug-likeness (QED) is 0.182. The van der Waals surface area contributed by atoms with Gasteiger partial charge in [-0.15, -0.1) is 0 Å². The van der Waals surface area contributed by atoms with E-state index in [4.69, 9.17) is 15.0 Å². The first kappa shape index (κ1) is 27.9. The van der Waals surface area contributed by atoms with E-state index in [-0.39, 0.29) is 6.85 Å². The first-order valence-corrected chi connectivity index (χ1v) is 16.2. The van der Waals surface area contributed by atoms with Crippen molar-refractivity contribution >= 4 is 23.5 Å². The summed E-state index contributed by atoms with van der Waals surface area (Å²) in [6, 6.07) is 55.0. The summed E-state index contributed by atoms with van der Waals surface area (Å²) in [4.78, 5) is 17.6. The van der Waals surface area contributed by atoms with Crippen molar-refractivity contribution in [1.82, 2.24) is 15.0 Å². The minimum absolute atomic E-state index is 0.0121. The molecule has 6 aromatic carbocycles. The molecule has 0 saturated carbocycles. The molecular formula is C43H29BN4. The smallest absolute Gasteiger partial charge is 0.328 e. The summed E-state index contributed by atoms with van der Waals surface area (Å²) in [7, 11) is 0. The van der Waals surface area contributed by atoms with Gasteiger partial charge in [-0.25, -0.2) is 15.0 Å². The van der Waals surface area contributed by atoms with Crippen molar-refractivity contribution in [2.45, 2.75) is 0 Å². The largest absolute Gasteiger partial charge is 0.382 e. The lowest BCUT2D eigenvalue weighted by molar-refractivity contribution is 1.07. The highest BCUT2D eigenvalue weighted by molar-refractivity contribution is 6.94. The standard InChI is InChI=1S/C43H29BN4/c1-5-16-30(17-6-1)36-28-34(43-46-41(32-20-9-3-10-21-32)45-42(47-43)33-22-11-4-12-23-33)29-39-40(36)35-24-13-14-25-38(35)44-37(26-15-27-48(39)44)31-18-7-2-8-19-31/h1-29H. The van der Waals surface area contributed by atoms with Crippen LogP contribution in [0.1, 0.15) is 5.56 Å². The Morgan fingerprint density at radius 1 is 0.438 bits per heavy atom. The number of anilines is 1. The number of rotatable bonds is 5. The van der Waals surface area contributed by atoms with Crippen LogP contribution in [0.2, 0.25) is 0 Å². The van der Waals surface area contributed by atoms with Crippen molar-refractivity contribution < 1.29 is 0 Å². The predicted octanol–water partition coefficient (Wildman–Crippen LogP) is 9.38. The fourth-order valence-electron chi connectivity index (χ4n) is 6.98. The van der Waals surface area contributed by atoms with Gasteiger partial charge in [-0.3, -0.25) is 0 Å². The highest BCUT2D eigenvalue weighted by atomic mass is 15.1. The molecule has 2 aliphatic heterocycles. The number of hydrogen-bond donors (Lipinski definition) is 0. The molecule has 2 aliphatic rings. The van der Waals surface area contributed by atoms with Crippen LogP contribution < -0.4 is 10.3 Å². The Hall–Kier alpha value is -6.33. The highest BCUT2D eigenvalue weighted by Crippen LogP contribution is 2.47. The maximum atomic E-state index is 5.12. The van der Waals surface area contributed by atoms with Gasteiger partial charge in [-0.1, -0.05) is 152 Å². The molecule has 0 amide bonds. The van der Waals surface area contributed by atoms with Gasteiger partial charge in [0, 0.05) is 27.9 Å². The van der Waals surface area contributed by atoms with E-state index in [2.05, 4.69) is 120 Å². The molecule has 0 N–H and O–H groups in total. The van der Waals surface area contributed by atoms with E-state index in [0.717, 1.165) is 33.5 Å². The second-order valence-corrected chi connectivity index (χ2v) is 12.0. The molecule has 5 heteroatoms. The van der Waals surface area contributed by atoms with E-state index in [0.29, 0.717) is 17.5 Å². The Morgan fingerprint density at radius 2 is 0.938 bits per heavy atom. The SMILES string of the molecule is C1=CN2B(C(c3ccccc3)=C1)c1ccccc1-c1c(-c3ccccc3)cc(-c3nc(-c4ccccc4)nc(-c4ccccc4)n3)cc12. The summed E-state index contributed by atoms with van der Waals surface area (Å²) in [5.74, 6) is 1.93. The normalized spacial score (nSPS) is 13.0. The fraction of sp³-hybridized carbons (Fsp3) is 0. The molecule has 0 radical (unpaired) electrons. The van der Waals surface area contributed by atoms with E-state index in [1.54, 1.807) is 0 Å². The summed E-state index contributed by atoms with van der Waals surface area (Å²) in [6.45, 7) is 0.0121. The first-order chi connectivity index (χ1) is 23.8. The van der Waals surface area contributed by atoms with Crippen LogP contribution in [0, 0.1) is 0 Å². The van der Waals surface area contributed by atoms with Crippen LogP contribution in [0.4, 0.5) is 5.69 Å². The van der Waals surface area contributed by atoms with Gasteiger partial charge in [-0.05, 0) is 57.6 Å². The Bertz CT molecular complexity index is 2280. The van der Waals surface area contributed by atoms with E-state index in [9.17, 15) is 0 Å². The Morgan fingerprint density at radius 3 is 1.54 bits per heavy atom. The third kappa shape index (κ3) is 4.84. The average molecular weight is 613 g/mol. The summed E-state index contributed by atoms with van der Waals surface area (Å²) in [6.07, 6.45) is 6.63. The monoisotopic (exact) mass is 612 g/mol. The molecule has 0 atom stereocenters.